The van der Waals surface area contributed by atoms with Gasteiger partial charge in [0, 0.05) is 6.92 Å². The lowest BCUT2D eigenvalue weighted by Gasteiger charge is -2.46. The number of rotatable bonds is 3. The average molecular weight is 524 g/mol. The van der Waals surface area contributed by atoms with Gasteiger partial charge >= 0.3 is 5.97 Å². The van der Waals surface area contributed by atoms with Crippen LogP contribution < -0.4 is 0 Å². The molecule has 0 aromatic rings. The molecule has 0 aromatic heterocycles. The summed E-state index contributed by atoms with van der Waals surface area (Å²) in [6, 6.07) is 0. The van der Waals surface area contributed by atoms with Crippen LogP contribution in [0.2, 0.25) is 0 Å². The number of allylic oxidation sites excluding steroid dienone is 2. The van der Waals surface area contributed by atoms with Crippen LogP contribution in [0, 0.1) is 23.2 Å². The van der Waals surface area contributed by atoms with Crippen LogP contribution in [0.3, 0.4) is 0 Å². The Morgan fingerprint density at radius 2 is 1.66 bits per heavy atom. The fraction of sp³-hybridized carbons (Fsp3) is 0.722. The van der Waals surface area contributed by atoms with E-state index < -0.39 is 43.2 Å². The van der Waals surface area contributed by atoms with Gasteiger partial charge in [0.15, 0.2) is 4.33 Å². The summed E-state index contributed by atoms with van der Waals surface area (Å²) in [4.78, 5) is 35.5. The second-order valence-corrected chi connectivity index (χ2v) is 11.7. The zero-order chi connectivity index (χ0) is 21.7. The number of alkyl halides is 4. The van der Waals surface area contributed by atoms with Gasteiger partial charge in [-0.15, -0.1) is 23.2 Å². The normalized spacial score (nSPS) is 45.0. The summed E-state index contributed by atoms with van der Waals surface area (Å²) in [6.07, 6.45) is 0.478. The molecule has 0 N–H and O–H groups in total. The molecule has 6 atom stereocenters. The molecule has 1 aliphatic heterocycles. The molecule has 11 heteroatoms. The maximum Gasteiger partial charge on any atom is 0.302 e. The van der Waals surface area contributed by atoms with E-state index in [2.05, 4.69) is 0 Å². The number of halogens is 6. The molecule has 0 spiro atoms. The number of carbonyl (C=O) groups is 3. The van der Waals surface area contributed by atoms with Gasteiger partial charge in [-0.25, -0.2) is 0 Å². The maximum atomic E-state index is 13.2. The molecular weight excluding hydrogens is 507 g/mol. The van der Waals surface area contributed by atoms with Crippen molar-refractivity contribution < 1.29 is 19.1 Å². The summed E-state index contributed by atoms with van der Waals surface area (Å²) in [5, 5.41) is 0.182. The number of nitrogens with zero attached hydrogens (tertiary/aromatic N) is 1. The molecule has 0 radical (unpaired) electrons. The number of ether oxygens (including phenoxy) is 1. The highest BCUT2D eigenvalue weighted by molar-refractivity contribution is 6.65. The summed E-state index contributed by atoms with van der Waals surface area (Å²) in [7, 11) is 0. The molecule has 0 aromatic carbocycles. The van der Waals surface area contributed by atoms with Crippen molar-refractivity contribution in [1.82, 2.24) is 4.90 Å². The van der Waals surface area contributed by atoms with E-state index in [0.29, 0.717) is 0 Å². The van der Waals surface area contributed by atoms with Gasteiger partial charge in [0.2, 0.25) is 11.8 Å². The Kier molecular flexibility index (Phi) is 5.04. The molecule has 4 rings (SSSR count). The first kappa shape index (κ1) is 22.3. The first-order valence-corrected chi connectivity index (χ1v) is 11.3. The molecule has 4 aliphatic rings. The van der Waals surface area contributed by atoms with Gasteiger partial charge in [-0.2, -0.15) is 0 Å². The van der Waals surface area contributed by atoms with Gasteiger partial charge in [0.05, 0.1) is 27.9 Å². The summed E-state index contributed by atoms with van der Waals surface area (Å²) in [5.41, 5.74) is -1.01. The molecule has 1 saturated heterocycles. The van der Waals surface area contributed by atoms with E-state index in [1.165, 1.54) is 6.92 Å². The van der Waals surface area contributed by atoms with Crippen molar-refractivity contribution in [1.29, 1.82) is 0 Å². The van der Waals surface area contributed by atoms with E-state index in [4.69, 9.17) is 74.3 Å². The lowest BCUT2D eigenvalue weighted by molar-refractivity contribution is -0.147. The first-order chi connectivity index (χ1) is 13.3. The second kappa shape index (κ2) is 6.55. The number of likely N-dealkylation sites (tertiary alicyclic amines) is 1. The number of amides is 2. The SMILES string of the molecule is CC(=O)OCCN1C(=O)[C@@H]2C[C@@H]3[C@@H](C[C@]2(C)C1=O)[C@@]1(Cl)C(Cl)=C(Cl)[C@@]3(Cl)C1(Cl)Cl. The fourth-order valence-corrected chi connectivity index (χ4v) is 8.72. The molecule has 3 aliphatic carbocycles. The predicted octanol–water partition coefficient (Wildman–Crippen LogP) is 4.41. The van der Waals surface area contributed by atoms with Crippen LogP contribution in [0.25, 0.3) is 0 Å². The molecule has 1 heterocycles. The number of carbonyl (C=O) groups excluding carboxylic acids is 3. The first-order valence-electron chi connectivity index (χ1n) is 9.07. The van der Waals surface area contributed by atoms with Gasteiger partial charge in [0.1, 0.15) is 16.4 Å². The summed E-state index contributed by atoms with van der Waals surface area (Å²) < 4.78 is 3.20. The molecule has 5 nitrogen and oxygen atoms in total. The van der Waals surface area contributed by atoms with Crippen LogP contribution in [0.5, 0.6) is 0 Å². The van der Waals surface area contributed by atoms with Crippen molar-refractivity contribution in [2.24, 2.45) is 23.2 Å². The largest absolute Gasteiger partial charge is 0.464 e. The van der Waals surface area contributed by atoms with Crippen LogP contribution >= 0.6 is 69.6 Å². The van der Waals surface area contributed by atoms with E-state index in [9.17, 15) is 14.4 Å². The molecule has 0 unspecified atom stereocenters. The number of fused-ring (bicyclic) bond motifs is 6. The minimum absolute atomic E-state index is 0.00851. The van der Waals surface area contributed by atoms with Crippen molar-refractivity contribution >= 4 is 87.4 Å². The molecular formula is C18H17Cl6NO4. The third-order valence-electron chi connectivity index (χ3n) is 7.07. The topological polar surface area (TPSA) is 63.7 Å². The summed E-state index contributed by atoms with van der Waals surface area (Å²) in [6.45, 7) is 2.92. The van der Waals surface area contributed by atoms with Crippen LogP contribution in [0.1, 0.15) is 26.7 Å². The minimum Gasteiger partial charge on any atom is -0.464 e. The smallest absolute Gasteiger partial charge is 0.302 e. The van der Waals surface area contributed by atoms with E-state index in [-0.39, 0.29) is 47.9 Å². The molecule has 3 fully saturated rings. The highest BCUT2D eigenvalue weighted by atomic mass is 35.5. The van der Waals surface area contributed by atoms with Crippen LogP contribution in [0.4, 0.5) is 0 Å². The third-order valence-corrected chi connectivity index (χ3v) is 11.4. The lowest BCUT2D eigenvalue weighted by atomic mass is 9.58. The zero-order valence-electron chi connectivity index (χ0n) is 15.4. The third kappa shape index (κ3) is 2.41. The number of hydrogen-bond acceptors (Lipinski definition) is 4. The van der Waals surface area contributed by atoms with Gasteiger partial charge in [-0.05, 0) is 31.6 Å². The van der Waals surface area contributed by atoms with E-state index in [1.807, 2.05) is 0 Å². The van der Waals surface area contributed by atoms with Crippen LogP contribution in [0.15, 0.2) is 10.1 Å². The summed E-state index contributed by atoms with van der Waals surface area (Å²) >= 11 is 39.9. The highest BCUT2D eigenvalue weighted by Gasteiger charge is 2.84. The number of esters is 1. The Balaban J connectivity index is 1.70. The van der Waals surface area contributed by atoms with E-state index in [1.54, 1.807) is 6.92 Å². The number of imide groups is 1. The fourth-order valence-electron chi connectivity index (χ4n) is 5.63. The Morgan fingerprint density at radius 3 is 2.21 bits per heavy atom. The quantitative estimate of drug-likeness (QED) is 0.312. The standard InChI is InChI=1S/C18H17Cl6NO4/c1-7(26)29-4-3-25-13(27)9-5-8-10(6-15(9,2)14(25)28)17(22)12(20)11(19)16(8,21)18(17,23)24/h8-10H,3-6H2,1-2H3/t8-,9+,10-,15+,16-,17-/m1/s1. The van der Waals surface area contributed by atoms with Crippen molar-refractivity contribution in [2.75, 3.05) is 13.2 Å². The molecule has 29 heavy (non-hydrogen) atoms. The second-order valence-electron chi connectivity index (χ2n) is 8.38. The van der Waals surface area contributed by atoms with Crippen LogP contribution in [-0.4, -0.2) is 49.9 Å². The van der Waals surface area contributed by atoms with E-state index in [0.717, 1.165) is 4.90 Å². The van der Waals surface area contributed by atoms with Crippen molar-refractivity contribution in [3.63, 3.8) is 0 Å². The lowest BCUT2D eigenvalue weighted by Crippen LogP contribution is -2.49. The van der Waals surface area contributed by atoms with Crippen molar-refractivity contribution in [2.45, 2.75) is 40.8 Å². The van der Waals surface area contributed by atoms with Gasteiger partial charge in [0.25, 0.3) is 0 Å². The maximum absolute atomic E-state index is 13.2. The Morgan fingerprint density at radius 1 is 1.10 bits per heavy atom. The van der Waals surface area contributed by atoms with Crippen molar-refractivity contribution in [3.05, 3.63) is 10.1 Å². The zero-order valence-corrected chi connectivity index (χ0v) is 19.9. The van der Waals surface area contributed by atoms with Gasteiger partial charge in [-0.1, -0.05) is 46.4 Å². The molecule has 2 bridgehead atoms. The average Bonchev–Trinajstić information content (AvgIpc) is 2.95. The monoisotopic (exact) mass is 521 g/mol. The molecule has 2 saturated carbocycles. The van der Waals surface area contributed by atoms with Gasteiger partial charge < -0.3 is 4.74 Å². The Hall–Kier alpha value is 0.0900. The minimum atomic E-state index is -1.69. The van der Waals surface area contributed by atoms with Crippen LogP contribution in [-0.2, 0) is 19.1 Å². The predicted molar refractivity (Wildman–Crippen MR) is 112 cm³/mol. The number of hydrogen-bond donors (Lipinski definition) is 0. The van der Waals surface area contributed by atoms with E-state index >= 15 is 0 Å². The van der Waals surface area contributed by atoms with Gasteiger partial charge in [-0.3, -0.25) is 19.3 Å². The molecule has 160 valence electrons. The van der Waals surface area contributed by atoms with Crippen molar-refractivity contribution in [3.8, 4) is 0 Å². The Labute approximate surface area is 197 Å². The Bertz CT molecular complexity index is 876. The summed E-state index contributed by atoms with van der Waals surface area (Å²) in [5.74, 6) is -2.67. The highest BCUT2D eigenvalue weighted by Crippen LogP contribution is 2.79. The molecule has 2 amide bonds.